The SMILES string of the molecule is CSc1cccc(-n2nc(C(=O)O)c(=O)cc2C)c1. The van der Waals surface area contributed by atoms with Crippen LogP contribution in [0.2, 0.25) is 0 Å². The summed E-state index contributed by atoms with van der Waals surface area (Å²) < 4.78 is 1.46. The summed E-state index contributed by atoms with van der Waals surface area (Å²) in [7, 11) is 0. The Bertz CT molecular complexity index is 695. The molecule has 1 N–H and O–H groups in total. The van der Waals surface area contributed by atoms with E-state index in [1.165, 1.54) is 10.7 Å². The van der Waals surface area contributed by atoms with Crippen LogP contribution in [0, 0.1) is 6.92 Å². The first-order valence-corrected chi connectivity index (χ1v) is 6.74. The van der Waals surface area contributed by atoms with Gasteiger partial charge in [-0.15, -0.1) is 11.8 Å². The molecule has 0 aliphatic rings. The second-order valence-electron chi connectivity index (χ2n) is 3.92. The Kier molecular flexibility index (Phi) is 3.71. The number of benzene rings is 1. The van der Waals surface area contributed by atoms with Crippen molar-refractivity contribution >= 4 is 17.7 Å². The Balaban J connectivity index is 2.64. The minimum absolute atomic E-state index is 0.472. The highest BCUT2D eigenvalue weighted by Gasteiger charge is 2.13. The van der Waals surface area contributed by atoms with Gasteiger partial charge in [0.05, 0.1) is 5.69 Å². The Morgan fingerprint density at radius 1 is 1.37 bits per heavy atom. The van der Waals surface area contributed by atoms with Gasteiger partial charge in [0.25, 0.3) is 0 Å². The largest absolute Gasteiger partial charge is 0.476 e. The van der Waals surface area contributed by atoms with E-state index in [-0.39, 0.29) is 0 Å². The van der Waals surface area contributed by atoms with Gasteiger partial charge >= 0.3 is 5.97 Å². The average molecular weight is 276 g/mol. The van der Waals surface area contributed by atoms with Gasteiger partial charge in [-0.2, -0.15) is 5.10 Å². The number of aromatic carboxylic acids is 1. The summed E-state index contributed by atoms with van der Waals surface area (Å²) in [6, 6.07) is 8.80. The first-order chi connectivity index (χ1) is 9.02. The number of nitrogens with zero attached hydrogens (tertiary/aromatic N) is 2. The van der Waals surface area contributed by atoms with Gasteiger partial charge in [0.2, 0.25) is 11.1 Å². The lowest BCUT2D eigenvalue weighted by atomic mass is 10.3. The van der Waals surface area contributed by atoms with E-state index in [2.05, 4.69) is 5.10 Å². The lowest BCUT2D eigenvalue weighted by Crippen LogP contribution is -2.22. The smallest absolute Gasteiger partial charge is 0.360 e. The number of carbonyl (C=O) groups is 1. The number of aromatic nitrogens is 2. The molecule has 5 nitrogen and oxygen atoms in total. The molecule has 19 heavy (non-hydrogen) atoms. The molecule has 0 atom stereocenters. The number of rotatable bonds is 3. The van der Waals surface area contributed by atoms with Gasteiger partial charge < -0.3 is 5.11 Å². The summed E-state index contributed by atoms with van der Waals surface area (Å²) in [4.78, 5) is 23.5. The van der Waals surface area contributed by atoms with Gasteiger partial charge in [0.15, 0.2) is 0 Å². The first-order valence-electron chi connectivity index (χ1n) is 5.51. The third-order valence-corrected chi connectivity index (χ3v) is 3.33. The summed E-state index contributed by atoms with van der Waals surface area (Å²) in [6.07, 6.45) is 1.95. The summed E-state index contributed by atoms with van der Waals surface area (Å²) in [5, 5.41) is 12.9. The number of hydrogen-bond donors (Lipinski definition) is 1. The number of thioether (sulfide) groups is 1. The molecule has 0 saturated heterocycles. The number of hydrogen-bond acceptors (Lipinski definition) is 4. The van der Waals surface area contributed by atoms with Crippen molar-refractivity contribution in [3.05, 3.63) is 51.9 Å². The summed E-state index contributed by atoms with van der Waals surface area (Å²) in [5.41, 5.74) is 0.266. The molecule has 1 aromatic carbocycles. The van der Waals surface area contributed by atoms with E-state index in [9.17, 15) is 9.59 Å². The van der Waals surface area contributed by atoms with Crippen molar-refractivity contribution in [1.82, 2.24) is 9.78 Å². The molecular weight excluding hydrogens is 264 g/mol. The van der Waals surface area contributed by atoms with Crippen molar-refractivity contribution < 1.29 is 9.90 Å². The molecule has 2 rings (SSSR count). The molecule has 98 valence electrons. The zero-order chi connectivity index (χ0) is 14.0. The quantitative estimate of drug-likeness (QED) is 0.868. The molecule has 0 aliphatic heterocycles. The third-order valence-electron chi connectivity index (χ3n) is 2.61. The summed E-state index contributed by atoms with van der Waals surface area (Å²) >= 11 is 1.58. The highest BCUT2D eigenvalue weighted by atomic mass is 32.2. The molecule has 1 aromatic heterocycles. The molecule has 0 spiro atoms. The summed E-state index contributed by atoms with van der Waals surface area (Å²) in [5.74, 6) is -1.32. The van der Waals surface area contributed by atoms with Crippen LogP contribution in [0.25, 0.3) is 5.69 Å². The molecule has 6 heteroatoms. The van der Waals surface area contributed by atoms with Gasteiger partial charge in [-0.05, 0) is 31.4 Å². The van der Waals surface area contributed by atoms with E-state index in [0.717, 1.165) is 10.6 Å². The molecule has 0 bridgehead atoms. The predicted molar refractivity (Wildman–Crippen MR) is 73.3 cm³/mol. The van der Waals surface area contributed by atoms with Gasteiger partial charge in [-0.25, -0.2) is 9.48 Å². The number of carboxylic acid groups (broad SMARTS) is 1. The molecule has 0 aliphatic carbocycles. The zero-order valence-corrected chi connectivity index (χ0v) is 11.3. The van der Waals surface area contributed by atoms with Crippen molar-refractivity contribution in [1.29, 1.82) is 0 Å². The number of aryl methyl sites for hydroxylation is 1. The predicted octanol–water partition coefficient (Wildman–Crippen LogP) is 1.96. The van der Waals surface area contributed by atoms with Crippen LogP contribution in [-0.2, 0) is 0 Å². The fourth-order valence-electron chi connectivity index (χ4n) is 1.70. The second-order valence-corrected chi connectivity index (χ2v) is 4.80. The van der Waals surface area contributed by atoms with E-state index in [1.807, 2.05) is 30.5 Å². The minimum Gasteiger partial charge on any atom is -0.476 e. The van der Waals surface area contributed by atoms with Crippen molar-refractivity contribution in [3.8, 4) is 5.69 Å². The summed E-state index contributed by atoms with van der Waals surface area (Å²) in [6.45, 7) is 1.71. The zero-order valence-electron chi connectivity index (χ0n) is 10.5. The van der Waals surface area contributed by atoms with Crippen LogP contribution in [0.3, 0.4) is 0 Å². The highest BCUT2D eigenvalue weighted by Crippen LogP contribution is 2.18. The molecule has 0 unspecified atom stereocenters. The van der Waals surface area contributed by atoms with Gasteiger partial charge in [0, 0.05) is 16.7 Å². The lowest BCUT2D eigenvalue weighted by molar-refractivity contribution is 0.0686. The van der Waals surface area contributed by atoms with Crippen molar-refractivity contribution in [2.75, 3.05) is 6.26 Å². The monoisotopic (exact) mass is 276 g/mol. The Morgan fingerprint density at radius 3 is 2.74 bits per heavy atom. The van der Waals surface area contributed by atoms with E-state index in [1.54, 1.807) is 18.7 Å². The average Bonchev–Trinajstić information content (AvgIpc) is 2.38. The van der Waals surface area contributed by atoms with Crippen LogP contribution < -0.4 is 5.43 Å². The topological polar surface area (TPSA) is 72.2 Å². The molecule has 0 radical (unpaired) electrons. The van der Waals surface area contributed by atoms with E-state index in [4.69, 9.17) is 5.11 Å². The molecule has 1 heterocycles. The van der Waals surface area contributed by atoms with E-state index in [0.29, 0.717) is 5.69 Å². The van der Waals surface area contributed by atoms with Crippen LogP contribution in [0.5, 0.6) is 0 Å². The fourth-order valence-corrected chi connectivity index (χ4v) is 2.15. The number of carboxylic acids is 1. The maximum atomic E-state index is 11.5. The Morgan fingerprint density at radius 2 is 2.11 bits per heavy atom. The highest BCUT2D eigenvalue weighted by molar-refractivity contribution is 7.98. The first kappa shape index (κ1) is 13.4. The van der Waals surface area contributed by atoms with Crippen LogP contribution >= 0.6 is 11.8 Å². The van der Waals surface area contributed by atoms with Gasteiger partial charge in [-0.1, -0.05) is 6.07 Å². The van der Waals surface area contributed by atoms with Crippen LogP contribution in [0.4, 0.5) is 0 Å². The fraction of sp³-hybridized carbons (Fsp3) is 0.154. The van der Waals surface area contributed by atoms with Crippen LogP contribution in [-0.4, -0.2) is 27.1 Å². The molecule has 0 fully saturated rings. The van der Waals surface area contributed by atoms with Gasteiger partial charge in [0.1, 0.15) is 0 Å². The minimum atomic E-state index is -1.32. The molecular formula is C13H12N2O3S. The Hall–Kier alpha value is -2.08. The van der Waals surface area contributed by atoms with E-state index >= 15 is 0 Å². The second kappa shape index (κ2) is 5.27. The van der Waals surface area contributed by atoms with Crippen molar-refractivity contribution in [2.24, 2.45) is 0 Å². The van der Waals surface area contributed by atoms with Crippen molar-refractivity contribution in [3.63, 3.8) is 0 Å². The van der Waals surface area contributed by atoms with Crippen LogP contribution in [0.15, 0.2) is 40.0 Å². The molecule has 0 saturated carbocycles. The molecule has 2 aromatic rings. The lowest BCUT2D eigenvalue weighted by Gasteiger charge is -2.10. The van der Waals surface area contributed by atoms with Gasteiger partial charge in [-0.3, -0.25) is 4.79 Å². The van der Waals surface area contributed by atoms with Crippen molar-refractivity contribution in [2.45, 2.75) is 11.8 Å². The standard InChI is InChI=1S/C13H12N2O3S/c1-8-6-11(16)12(13(17)18)14-15(8)9-4-3-5-10(7-9)19-2/h3-7H,1-2H3,(H,17,18). The van der Waals surface area contributed by atoms with E-state index < -0.39 is 17.1 Å². The normalized spacial score (nSPS) is 10.4. The van der Waals surface area contributed by atoms with Crippen LogP contribution in [0.1, 0.15) is 16.2 Å². The maximum absolute atomic E-state index is 11.5. The Labute approximate surface area is 113 Å². The molecule has 0 amide bonds. The third kappa shape index (κ3) is 2.68. The maximum Gasteiger partial charge on any atom is 0.360 e.